The summed E-state index contributed by atoms with van der Waals surface area (Å²) < 4.78 is 18.4. The SMILES string of the molecule is CN=C(NCCCCOc1ccc(F)cc1)NCCN1CCCCC1.I. The molecule has 0 spiro atoms. The quantitative estimate of drug-likeness (QED) is 0.248. The fourth-order valence-electron chi connectivity index (χ4n) is 2.89. The van der Waals surface area contributed by atoms with Crippen molar-refractivity contribution in [2.45, 2.75) is 32.1 Å². The van der Waals surface area contributed by atoms with Gasteiger partial charge in [-0.25, -0.2) is 4.39 Å². The summed E-state index contributed by atoms with van der Waals surface area (Å²) in [5.74, 6) is 1.33. The summed E-state index contributed by atoms with van der Waals surface area (Å²) in [5.41, 5.74) is 0. The van der Waals surface area contributed by atoms with Gasteiger partial charge in [0.2, 0.25) is 0 Å². The van der Waals surface area contributed by atoms with Crippen LogP contribution in [0, 0.1) is 5.82 Å². The number of nitrogens with one attached hydrogen (secondary N) is 2. The number of likely N-dealkylation sites (tertiary alicyclic amines) is 1. The molecule has 0 saturated carbocycles. The van der Waals surface area contributed by atoms with Crippen LogP contribution in [0.15, 0.2) is 29.3 Å². The first-order valence-electron chi connectivity index (χ1n) is 9.33. The maximum Gasteiger partial charge on any atom is 0.191 e. The molecule has 0 amide bonds. The van der Waals surface area contributed by atoms with Crippen molar-refractivity contribution in [2.75, 3.05) is 46.4 Å². The third-order valence-corrected chi connectivity index (χ3v) is 4.34. The van der Waals surface area contributed by atoms with Gasteiger partial charge in [-0.1, -0.05) is 6.42 Å². The minimum absolute atomic E-state index is 0. The molecule has 2 rings (SSSR count). The van der Waals surface area contributed by atoms with E-state index in [-0.39, 0.29) is 29.8 Å². The summed E-state index contributed by atoms with van der Waals surface area (Å²) in [6, 6.07) is 6.14. The van der Waals surface area contributed by atoms with Gasteiger partial charge >= 0.3 is 0 Å². The van der Waals surface area contributed by atoms with Crippen LogP contribution in [0.5, 0.6) is 5.75 Å². The van der Waals surface area contributed by atoms with Crippen LogP contribution in [0.3, 0.4) is 0 Å². The first kappa shape index (κ1) is 23.0. The Hall–Kier alpha value is -1.09. The lowest BCUT2D eigenvalue weighted by molar-refractivity contribution is 0.232. The molecule has 2 N–H and O–H groups in total. The Morgan fingerprint density at radius 2 is 1.77 bits per heavy atom. The average Bonchev–Trinajstić information content (AvgIpc) is 2.65. The second-order valence-electron chi connectivity index (χ2n) is 6.34. The minimum atomic E-state index is -0.240. The molecule has 0 bridgehead atoms. The van der Waals surface area contributed by atoms with E-state index in [9.17, 15) is 4.39 Å². The van der Waals surface area contributed by atoms with E-state index in [0.717, 1.165) is 38.4 Å². The van der Waals surface area contributed by atoms with Crippen LogP contribution in [0.1, 0.15) is 32.1 Å². The number of rotatable bonds is 9. The molecule has 0 aliphatic carbocycles. The van der Waals surface area contributed by atoms with Crippen molar-refractivity contribution in [3.8, 4) is 5.75 Å². The minimum Gasteiger partial charge on any atom is -0.494 e. The van der Waals surface area contributed by atoms with Gasteiger partial charge in [-0.2, -0.15) is 0 Å². The molecule has 7 heteroatoms. The highest BCUT2D eigenvalue weighted by atomic mass is 127. The number of ether oxygens (including phenoxy) is 1. The number of guanidine groups is 1. The van der Waals surface area contributed by atoms with Crippen LogP contribution in [-0.2, 0) is 0 Å². The van der Waals surface area contributed by atoms with Crippen LogP contribution in [0.4, 0.5) is 4.39 Å². The maximum absolute atomic E-state index is 12.8. The third-order valence-electron chi connectivity index (χ3n) is 4.34. The highest BCUT2D eigenvalue weighted by Gasteiger charge is 2.09. The van der Waals surface area contributed by atoms with Crippen molar-refractivity contribution >= 4 is 29.9 Å². The summed E-state index contributed by atoms with van der Waals surface area (Å²) in [5, 5.41) is 6.70. The standard InChI is InChI=1S/C19H31FN4O.HI/c1-21-19(23-12-15-24-13-4-2-5-14-24)22-11-3-6-16-25-18-9-7-17(20)8-10-18;/h7-10H,2-6,11-16H2,1H3,(H2,21,22,23);1H. The molecular weight excluding hydrogens is 446 g/mol. The van der Waals surface area contributed by atoms with Crippen molar-refractivity contribution in [1.29, 1.82) is 0 Å². The average molecular weight is 478 g/mol. The normalized spacial score (nSPS) is 15.2. The monoisotopic (exact) mass is 478 g/mol. The Morgan fingerprint density at radius 3 is 2.46 bits per heavy atom. The van der Waals surface area contributed by atoms with Gasteiger partial charge in [-0.3, -0.25) is 4.99 Å². The van der Waals surface area contributed by atoms with Gasteiger partial charge in [0.05, 0.1) is 6.61 Å². The van der Waals surface area contributed by atoms with E-state index < -0.39 is 0 Å². The molecule has 0 unspecified atom stereocenters. The van der Waals surface area contributed by atoms with E-state index in [1.54, 1.807) is 19.2 Å². The van der Waals surface area contributed by atoms with Crippen LogP contribution in [0.25, 0.3) is 0 Å². The van der Waals surface area contributed by atoms with E-state index in [1.807, 2.05) is 0 Å². The molecule has 1 saturated heterocycles. The lowest BCUT2D eigenvalue weighted by Gasteiger charge is -2.26. The predicted molar refractivity (Wildman–Crippen MR) is 116 cm³/mol. The number of nitrogens with zero attached hydrogens (tertiary/aromatic N) is 2. The molecule has 1 aromatic rings. The Morgan fingerprint density at radius 1 is 1.08 bits per heavy atom. The van der Waals surface area contributed by atoms with Gasteiger partial charge in [-0.05, 0) is 63.0 Å². The number of benzene rings is 1. The van der Waals surface area contributed by atoms with Gasteiger partial charge in [-0.15, -0.1) is 24.0 Å². The Bertz CT molecular complexity index is 507. The second-order valence-corrected chi connectivity index (χ2v) is 6.34. The zero-order chi connectivity index (χ0) is 17.7. The molecule has 1 fully saturated rings. The largest absolute Gasteiger partial charge is 0.494 e. The summed E-state index contributed by atoms with van der Waals surface area (Å²) in [6.07, 6.45) is 5.96. The number of hydrogen-bond acceptors (Lipinski definition) is 3. The van der Waals surface area contributed by atoms with Gasteiger partial charge in [0.1, 0.15) is 11.6 Å². The Kier molecular flexibility index (Phi) is 12.4. The van der Waals surface area contributed by atoms with Crippen molar-refractivity contribution in [3.63, 3.8) is 0 Å². The van der Waals surface area contributed by atoms with Crippen molar-refractivity contribution in [1.82, 2.24) is 15.5 Å². The molecule has 5 nitrogen and oxygen atoms in total. The molecule has 26 heavy (non-hydrogen) atoms. The first-order valence-corrected chi connectivity index (χ1v) is 9.33. The molecule has 1 aromatic carbocycles. The van der Waals surface area contributed by atoms with E-state index in [0.29, 0.717) is 12.4 Å². The van der Waals surface area contributed by atoms with Crippen molar-refractivity contribution in [3.05, 3.63) is 30.1 Å². The molecule has 1 heterocycles. The molecular formula is C19H32FIN4O. The smallest absolute Gasteiger partial charge is 0.191 e. The van der Waals surface area contributed by atoms with E-state index in [4.69, 9.17) is 4.74 Å². The van der Waals surface area contributed by atoms with Crippen LogP contribution in [0.2, 0.25) is 0 Å². The van der Waals surface area contributed by atoms with Crippen LogP contribution in [-0.4, -0.2) is 57.2 Å². The Labute approximate surface area is 173 Å². The fraction of sp³-hybridized carbons (Fsp3) is 0.632. The predicted octanol–water partition coefficient (Wildman–Crippen LogP) is 3.25. The highest BCUT2D eigenvalue weighted by Crippen LogP contribution is 2.11. The van der Waals surface area contributed by atoms with Gasteiger partial charge < -0.3 is 20.3 Å². The van der Waals surface area contributed by atoms with Crippen LogP contribution < -0.4 is 15.4 Å². The summed E-state index contributed by atoms with van der Waals surface area (Å²) in [6.45, 7) is 5.94. The van der Waals surface area contributed by atoms with Gasteiger partial charge in [0.15, 0.2) is 5.96 Å². The first-order chi connectivity index (χ1) is 12.3. The highest BCUT2D eigenvalue weighted by molar-refractivity contribution is 14.0. The molecule has 148 valence electrons. The van der Waals surface area contributed by atoms with Crippen LogP contribution >= 0.6 is 24.0 Å². The number of hydrogen-bond donors (Lipinski definition) is 2. The molecule has 0 radical (unpaired) electrons. The molecule has 0 atom stereocenters. The van der Waals surface area contributed by atoms with Crippen molar-refractivity contribution in [2.24, 2.45) is 4.99 Å². The summed E-state index contributed by atoms with van der Waals surface area (Å²) in [7, 11) is 1.80. The van der Waals surface area contributed by atoms with Gasteiger partial charge in [0, 0.05) is 26.7 Å². The fourth-order valence-corrected chi connectivity index (χ4v) is 2.89. The lowest BCUT2D eigenvalue weighted by Crippen LogP contribution is -2.42. The Balaban J connectivity index is 0.00000338. The van der Waals surface area contributed by atoms with E-state index >= 15 is 0 Å². The number of unbranched alkanes of at least 4 members (excludes halogenated alkanes) is 1. The summed E-state index contributed by atoms with van der Waals surface area (Å²) >= 11 is 0. The zero-order valence-electron chi connectivity index (χ0n) is 15.7. The molecule has 1 aliphatic rings. The van der Waals surface area contributed by atoms with Crippen molar-refractivity contribution < 1.29 is 9.13 Å². The number of piperidine rings is 1. The van der Waals surface area contributed by atoms with Gasteiger partial charge in [0.25, 0.3) is 0 Å². The topological polar surface area (TPSA) is 48.9 Å². The third kappa shape index (κ3) is 9.56. The maximum atomic E-state index is 12.8. The number of halogens is 2. The van der Waals surface area contributed by atoms with E-state index in [1.165, 1.54) is 44.5 Å². The second kappa shape index (κ2) is 14.0. The lowest BCUT2D eigenvalue weighted by atomic mass is 10.1. The molecule has 0 aromatic heterocycles. The molecule has 1 aliphatic heterocycles. The van der Waals surface area contributed by atoms with E-state index in [2.05, 4.69) is 20.5 Å². The number of aliphatic imine (C=N–C) groups is 1. The zero-order valence-corrected chi connectivity index (χ0v) is 18.0. The summed E-state index contributed by atoms with van der Waals surface area (Å²) in [4.78, 5) is 6.76.